The van der Waals surface area contributed by atoms with Crippen molar-refractivity contribution >= 4 is 17.5 Å². The van der Waals surface area contributed by atoms with Crippen molar-refractivity contribution in [3.63, 3.8) is 0 Å². The largest absolute Gasteiger partial charge is 0.376 e. The molecule has 0 radical (unpaired) electrons. The van der Waals surface area contributed by atoms with E-state index in [1.165, 1.54) is 31.3 Å². The van der Waals surface area contributed by atoms with E-state index in [9.17, 15) is 4.39 Å². The average Bonchev–Trinajstić information content (AvgIpc) is 3.23. The van der Waals surface area contributed by atoms with Gasteiger partial charge in [0.2, 0.25) is 0 Å². The molecular weight excluding hydrogens is 371 g/mol. The van der Waals surface area contributed by atoms with Gasteiger partial charge in [-0.15, -0.1) is 0 Å². The lowest BCUT2D eigenvalue weighted by Gasteiger charge is -2.25. The molecule has 7 nitrogen and oxygen atoms in total. The van der Waals surface area contributed by atoms with Gasteiger partial charge in [-0.1, -0.05) is 12.1 Å². The molecule has 2 atom stereocenters. The molecule has 1 aromatic carbocycles. The van der Waals surface area contributed by atoms with Gasteiger partial charge in [-0.3, -0.25) is 5.10 Å². The van der Waals surface area contributed by atoms with Crippen LogP contribution in [0.3, 0.4) is 0 Å². The molecule has 2 fully saturated rings. The van der Waals surface area contributed by atoms with Crippen molar-refractivity contribution in [3.05, 3.63) is 59.8 Å². The summed E-state index contributed by atoms with van der Waals surface area (Å²) in [7, 11) is 0. The van der Waals surface area contributed by atoms with E-state index in [-0.39, 0.29) is 18.0 Å². The van der Waals surface area contributed by atoms with Gasteiger partial charge in [0.15, 0.2) is 5.82 Å². The van der Waals surface area contributed by atoms with Gasteiger partial charge in [-0.05, 0) is 43.4 Å². The third kappa shape index (κ3) is 4.22. The average molecular weight is 394 g/mol. The van der Waals surface area contributed by atoms with Crippen LogP contribution in [0.5, 0.6) is 0 Å². The molecule has 0 amide bonds. The Labute approximate surface area is 168 Å². The fraction of sp³-hybridized carbons (Fsp3) is 0.381. The minimum absolute atomic E-state index is 0.0132. The number of anilines is 3. The maximum absolute atomic E-state index is 13.4. The van der Waals surface area contributed by atoms with Crippen molar-refractivity contribution in [1.29, 1.82) is 0 Å². The molecule has 5 rings (SSSR count). The predicted octanol–water partition coefficient (Wildman–Crippen LogP) is 4.29. The summed E-state index contributed by atoms with van der Waals surface area (Å²) in [6.07, 6.45) is 5.93. The minimum atomic E-state index is -0.252. The standard InChI is InChI=1S/C21H23FN6O/c22-15-7-5-14(6-8-15)21(17-2-1-9-29-17)26-19-11-18(23-12-24-19)25-20-10-16(27-28-20)13-3-4-13/h5-8,10-13,17,21H,1-4,9H2,(H3,23,24,25,26,27,28). The number of halogens is 1. The van der Waals surface area contributed by atoms with Crippen molar-refractivity contribution in [2.45, 2.75) is 43.7 Å². The van der Waals surface area contributed by atoms with Crippen LogP contribution in [0.15, 0.2) is 42.7 Å². The van der Waals surface area contributed by atoms with Crippen molar-refractivity contribution in [2.75, 3.05) is 17.2 Å². The Balaban J connectivity index is 1.34. The van der Waals surface area contributed by atoms with Gasteiger partial charge in [-0.25, -0.2) is 14.4 Å². The molecule has 0 bridgehead atoms. The Kier molecular flexibility index (Phi) is 4.85. The van der Waals surface area contributed by atoms with Crippen molar-refractivity contribution < 1.29 is 9.13 Å². The van der Waals surface area contributed by atoms with Crippen LogP contribution >= 0.6 is 0 Å². The predicted molar refractivity (Wildman–Crippen MR) is 108 cm³/mol. The third-order valence-corrected chi connectivity index (χ3v) is 5.41. The van der Waals surface area contributed by atoms with Crippen LogP contribution in [0, 0.1) is 5.82 Å². The van der Waals surface area contributed by atoms with Crippen molar-refractivity contribution in [3.8, 4) is 0 Å². The lowest BCUT2D eigenvalue weighted by Crippen LogP contribution is -2.25. The van der Waals surface area contributed by atoms with E-state index >= 15 is 0 Å². The number of benzene rings is 1. The summed E-state index contributed by atoms with van der Waals surface area (Å²) in [6.45, 7) is 0.739. The topological polar surface area (TPSA) is 87.8 Å². The van der Waals surface area contributed by atoms with E-state index in [0.29, 0.717) is 17.6 Å². The van der Waals surface area contributed by atoms with E-state index < -0.39 is 0 Å². The summed E-state index contributed by atoms with van der Waals surface area (Å²) in [5.74, 6) is 2.43. The van der Waals surface area contributed by atoms with E-state index in [2.05, 4.69) is 30.8 Å². The second kappa shape index (κ2) is 7.79. The number of hydrogen-bond donors (Lipinski definition) is 3. The first-order valence-corrected chi connectivity index (χ1v) is 10.0. The Bertz CT molecular complexity index is 965. The van der Waals surface area contributed by atoms with Crippen molar-refractivity contribution in [2.24, 2.45) is 0 Å². The Hall–Kier alpha value is -3.00. The molecule has 3 aromatic rings. The first-order chi connectivity index (χ1) is 14.2. The maximum atomic E-state index is 13.4. The molecule has 29 heavy (non-hydrogen) atoms. The number of aromatic amines is 1. The van der Waals surface area contributed by atoms with E-state index in [0.717, 1.165) is 36.5 Å². The molecule has 2 aliphatic rings. The van der Waals surface area contributed by atoms with Gasteiger partial charge in [0.05, 0.1) is 12.1 Å². The molecule has 0 spiro atoms. The summed E-state index contributed by atoms with van der Waals surface area (Å²) in [4.78, 5) is 8.66. The maximum Gasteiger partial charge on any atom is 0.153 e. The van der Waals surface area contributed by atoms with Gasteiger partial charge in [0.25, 0.3) is 0 Å². The molecule has 1 aliphatic heterocycles. The van der Waals surface area contributed by atoms with Crippen molar-refractivity contribution in [1.82, 2.24) is 20.2 Å². The summed E-state index contributed by atoms with van der Waals surface area (Å²) in [6, 6.07) is 10.3. The number of H-pyrrole nitrogens is 1. The number of nitrogens with one attached hydrogen (secondary N) is 3. The summed E-state index contributed by atoms with van der Waals surface area (Å²) < 4.78 is 19.3. The molecule has 1 saturated carbocycles. The Morgan fingerprint density at radius 3 is 2.62 bits per heavy atom. The van der Waals surface area contributed by atoms with Crippen LogP contribution < -0.4 is 10.6 Å². The second-order valence-electron chi connectivity index (χ2n) is 7.62. The van der Waals surface area contributed by atoms with Crippen LogP contribution in [0.25, 0.3) is 0 Å². The minimum Gasteiger partial charge on any atom is -0.376 e. The number of ether oxygens (including phenoxy) is 1. The highest BCUT2D eigenvalue weighted by Crippen LogP contribution is 2.39. The second-order valence-corrected chi connectivity index (χ2v) is 7.62. The fourth-order valence-electron chi connectivity index (χ4n) is 3.73. The van der Waals surface area contributed by atoms with Crippen LogP contribution in [-0.2, 0) is 4.74 Å². The first-order valence-electron chi connectivity index (χ1n) is 10.0. The number of rotatable bonds is 7. The normalized spacial score (nSPS) is 19.8. The Morgan fingerprint density at radius 2 is 1.86 bits per heavy atom. The van der Waals surface area contributed by atoms with Gasteiger partial charge in [0, 0.05) is 30.4 Å². The zero-order chi connectivity index (χ0) is 19.6. The zero-order valence-electron chi connectivity index (χ0n) is 15.9. The highest BCUT2D eigenvalue weighted by atomic mass is 19.1. The zero-order valence-corrected chi connectivity index (χ0v) is 15.9. The highest BCUT2D eigenvalue weighted by Gasteiger charge is 2.28. The molecule has 3 heterocycles. The summed E-state index contributed by atoms with van der Waals surface area (Å²) in [5, 5.41) is 14.1. The van der Waals surface area contributed by atoms with E-state index in [1.807, 2.05) is 12.1 Å². The molecule has 1 saturated heterocycles. The van der Waals surface area contributed by atoms with Crippen LogP contribution in [-0.4, -0.2) is 32.9 Å². The van der Waals surface area contributed by atoms with E-state index in [4.69, 9.17) is 4.74 Å². The van der Waals surface area contributed by atoms with Gasteiger partial charge < -0.3 is 15.4 Å². The SMILES string of the molecule is Fc1ccc(C(Nc2cc(Nc3cc(C4CC4)[nH]n3)ncn2)C2CCCO2)cc1. The van der Waals surface area contributed by atoms with E-state index in [1.54, 1.807) is 12.1 Å². The number of aromatic nitrogens is 4. The molecular formula is C21H23FN6O. The van der Waals surface area contributed by atoms with Crippen LogP contribution in [0.2, 0.25) is 0 Å². The quantitative estimate of drug-likeness (QED) is 0.554. The number of hydrogen-bond acceptors (Lipinski definition) is 6. The molecule has 2 unspecified atom stereocenters. The molecule has 3 N–H and O–H groups in total. The Morgan fingerprint density at radius 1 is 1.03 bits per heavy atom. The number of nitrogens with zero attached hydrogens (tertiary/aromatic N) is 3. The smallest absolute Gasteiger partial charge is 0.153 e. The first kappa shape index (κ1) is 18.1. The third-order valence-electron chi connectivity index (χ3n) is 5.41. The molecule has 8 heteroatoms. The summed E-state index contributed by atoms with van der Waals surface area (Å²) >= 11 is 0. The molecule has 1 aliphatic carbocycles. The molecule has 150 valence electrons. The van der Waals surface area contributed by atoms with Crippen LogP contribution in [0.4, 0.5) is 21.8 Å². The monoisotopic (exact) mass is 394 g/mol. The summed E-state index contributed by atoms with van der Waals surface area (Å²) in [5.41, 5.74) is 2.13. The molecule has 2 aromatic heterocycles. The fourth-order valence-corrected chi connectivity index (χ4v) is 3.73. The lowest BCUT2D eigenvalue weighted by molar-refractivity contribution is 0.0953. The van der Waals surface area contributed by atoms with Gasteiger partial charge in [-0.2, -0.15) is 5.10 Å². The highest BCUT2D eigenvalue weighted by molar-refractivity contribution is 5.56. The van der Waals surface area contributed by atoms with Gasteiger partial charge >= 0.3 is 0 Å². The lowest BCUT2D eigenvalue weighted by atomic mass is 9.99. The van der Waals surface area contributed by atoms with Crippen LogP contribution in [0.1, 0.15) is 48.9 Å². The van der Waals surface area contributed by atoms with Gasteiger partial charge in [0.1, 0.15) is 23.8 Å².